The van der Waals surface area contributed by atoms with Crippen molar-refractivity contribution in [2.24, 2.45) is 0 Å². The molecule has 120 valence electrons. The summed E-state index contributed by atoms with van der Waals surface area (Å²) in [7, 11) is 0. The average molecular weight is 345 g/mol. The minimum absolute atomic E-state index is 0.120. The summed E-state index contributed by atoms with van der Waals surface area (Å²) >= 11 is 5.76. The molecule has 5 nitrogen and oxygen atoms in total. The lowest BCUT2D eigenvalue weighted by atomic mass is 10.1. The number of rotatable bonds is 3. The van der Waals surface area contributed by atoms with E-state index >= 15 is 0 Å². The van der Waals surface area contributed by atoms with Crippen LogP contribution in [-0.4, -0.2) is 10.8 Å². The number of para-hydroxylation sites is 1. The quantitative estimate of drug-likeness (QED) is 0.657. The van der Waals surface area contributed by atoms with Crippen molar-refractivity contribution in [1.29, 1.82) is 0 Å². The third kappa shape index (κ3) is 3.78. The fraction of sp³-hybridized carbons (Fsp3) is 0.0714. The zero-order chi connectivity index (χ0) is 17.2. The highest BCUT2D eigenvalue weighted by molar-refractivity contribution is 6.34. The maximum atomic E-state index is 12.7. The zero-order valence-corrected chi connectivity index (χ0v) is 12.0. The summed E-state index contributed by atoms with van der Waals surface area (Å²) < 4.78 is 38.1. The summed E-state index contributed by atoms with van der Waals surface area (Å²) in [5.41, 5.74) is -2.04. The van der Waals surface area contributed by atoms with Crippen LogP contribution in [0.2, 0.25) is 5.02 Å². The van der Waals surface area contributed by atoms with Gasteiger partial charge in [0.2, 0.25) is 0 Å². The van der Waals surface area contributed by atoms with Crippen molar-refractivity contribution in [2.45, 2.75) is 6.18 Å². The molecular weight excluding hydrogens is 337 g/mol. The Bertz CT molecular complexity index is 778. The second-order valence-corrected chi connectivity index (χ2v) is 4.83. The summed E-state index contributed by atoms with van der Waals surface area (Å²) in [6.45, 7) is 0. The molecule has 0 aliphatic rings. The SMILES string of the molecule is O=C(Nc1cc(C(F)(F)F)ccc1Cl)c1ccccc1[N+](=O)[O-]. The van der Waals surface area contributed by atoms with E-state index in [0.717, 1.165) is 18.2 Å². The van der Waals surface area contributed by atoms with E-state index in [2.05, 4.69) is 5.32 Å². The Morgan fingerprint density at radius 3 is 2.43 bits per heavy atom. The van der Waals surface area contributed by atoms with Gasteiger partial charge in [-0.3, -0.25) is 14.9 Å². The number of hydrogen-bond donors (Lipinski definition) is 1. The highest BCUT2D eigenvalue weighted by Crippen LogP contribution is 2.34. The van der Waals surface area contributed by atoms with E-state index in [1.807, 2.05) is 0 Å². The second kappa shape index (κ2) is 6.25. The van der Waals surface area contributed by atoms with Crippen LogP contribution in [0.4, 0.5) is 24.5 Å². The Morgan fingerprint density at radius 2 is 1.83 bits per heavy atom. The van der Waals surface area contributed by atoms with Gasteiger partial charge in [-0.05, 0) is 24.3 Å². The maximum absolute atomic E-state index is 12.7. The van der Waals surface area contributed by atoms with Crippen LogP contribution < -0.4 is 5.32 Å². The van der Waals surface area contributed by atoms with Gasteiger partial charge in [-0.25, -0.2) is 0 Å². The first-order valence-electron chi connectivity index (χ1n) is 6.11. The lowest BCUT2D eigenvalue weighted by Gasteiger charge is -2.11. The Morgan fingerprint density at radius 1 is 1.17 bits per heavy atom. The molecule has 2 aromatic carbocycles. The van der Waals surface area contributed by atoms with Crippen LogP contribution in [0.5, 0.6) is 0 Å². The number of nitro benzene ring substituents is 1. The number of hydrogen-bond acceptors (Lipinski definition) is 3. The summed E-state index contributed by atoms with van der Waals surface area (Å²) in [6, 6.07) is 7.48. The minimum atomic E-state index is -4.61. The van der Waals surface area contributed by atoms with Gasteiger partial charge in [0.15, 0.2) is 0 Å². The van der Waals surface area contributed by atoms with Crippen molar-refractivity contribution in [3.8, 4) is 0 Å². The van der Waals surface area contributed by atoms with Crippen LogP contribution in [0.1, 0.15) is 15.9 Å². The second-order valence-electron chi connectivity index (χ2n) is 4.42. The molecule has 1 amide bonds. The molecule has 9 heteroatoms. The number of carbonyl (C=O) groups is 1. The summed E-state index contributed by atoms with van der Waals surface area (Å²) in [4.78, 5) is 22.2. The van der Waals surface area contributed by atoms with Crippen molar-refractivity contribution in [1.82, 2.24) is 0 Å². The highest BCUT2D eigenvalue weighted by Gasteiger charge is 2.31. The number of carbonyl (C=O) groups excluding carboxylic acids is 1. The molecule has 0 saturated heterocycles. The largest absolute Gasteiger partial charge is 0.416 e. The first-order valence-corrected chi connectivity index (χ1v) is 6.49. The standard InChI is InChI=1S/C14H8ClF3N2O3/c15-10-6-5-8(14(16,17)18)7-11(10)19-13(21)9-3-1-2-4-12(9)20(22)23/h1-7H,(H,19,21). The third-order valence-electron chi connectivity index (χ3n) is 2.89. The molecular formula is C14H8ClF3N2O3. The number of amides is 1. The number of alkyl halides is 3. The number of nitrogens with one attached hydrogen (secondary N) is 1. The fourth-order valence-corrected chi connectivity index (χ4v) is 1.98. The highest BCUT2D eigenvalue weighted by atomic mass is 35.5. The number of anilines is 1. The molecule has 0 bridgehead atoms. The number of halogens is 4. The molecule has 2 aromatic rings. The third-order valence-corrected chi connectivity index (χ3v) is 3.22. The van der Waals surface area contributed by atoms with E-state index in [9.17, 15) is 28.1 Å². The normalized spacial score (nSPS) is 11.1. The molecule has 0 heterocycles. The topological polar surface area (TPSA) is 72.2 Å². The molecule has 0 radical (unpaired) electrons. The van der Waals surface area contributed by atoms with E-state index in [1.54, 1.807) is 0 Å². The lowest BCUT2D eigenvalue weighted by Crippen LogP contribution is -2.15. The van der Waals surface area contributed by atoms with Gasteiger partial charge in [-0.15, -0.1) is 0 Å². The van der Waals surface area contributed by atoms with Gasteiger partial charge < -0.3 is 5.32 Å². The first-order chi connectivity index (χ1) is 10.7. The Balaban J connectivity index is 2.36. The maximum Gasteiger partial charge on any atom is 0.416 e. The summed E-state index contributed by atoms with van der Waals surface area (Å²) in [5, 5.41) is 12.9. The molecule has 0 saturated carbocycles. The molecule has 0 unspecified atom stereocenters. The summed E-state index contributed by atoms with van der Waals surface area (Å²) in [6.07, 6.45) is -4.61. The van der Waals surface area contributed by atoms with Crippen molar-refractivity contribution in [3.63, 3.8) is 0 Å². The van der Waals surface area contributed by atoms with E-state index in [-0.39, 0.29) is 16.3 Å². The fourth-order valence-electron chi connectivity index (χ4n) is 1.81. The molecule has 1 N–H and O–H groups in total. The van der Waals surface area contributed by atoms with Crippen molar-refractivity contribution in [3.05, 3.63) is 68.7 Å². The molecule has 0 aromatic heterocycles. The van der Waals surface area contributed by atoms with Gasteiger partial charge in [-0.1, -0.05) is 23.7 Å². The predicted octanol–water partition coefficient (Wildman–Crippen LogP) is 4.52. The van der Waals surface area contributed by atoms with Gasteiger partial charge >= 0.3 is 6.18 Å². The molecule has 2 rings (SSSR count). The number of nitro groups is 1. The molecule has 0 spiro atoms. The molecule has 0 atom stereocenters. The van der Waals surface area contributed by atoms with Gasteiger partial charge in [0.05, 0.1) is 21.2 Å². The number of nitrogens with zero attached hydrogens (tertiary/aromatic N) is 1. The van der Waals surface area contributed by atoms with Crippen LogP contribution in [-0.2, 0) is 6.18 Å². The van der Waals surface area contributed by atoms with Crippen LogP contribution >= 0.6 is 11.6 Å². The molecule has 0 fully saturated rings. The smallest absolute Gasteiger partial charge is 0.320 e. The first kappa shape index (κ1) is 16.8. The monoisotopic (exact) mass is 344 g/mol. The van der Waals surface area contributed by atoms with Crippen molar-refractivity contribution >= 4 is 28.9 Å². The minimum Gasteiger partial charge on any atom is -0.320 e. The molecule has 23 heavy (non-hydrogen) atoms. The van der Waals surface area contributed by atoms with E-state index in [0.29, 0.717) is 6.07 Å². The summed E-state index contributed by atoms with van der Waals surface area (Å²) in [5.74, 6) is -0.932. The van der Waals surface area contributed by atoms with Crippen LogP contribution in [0.25, 0.3) is 0 Å². The van der Waals surface area contributed by atoms with Gasteiger partial charge in [-0.2, -0.15) is 13.2 Å². The van der Waals surface area contributed by atoms with Crippen LogP contribution in [0.15, 0.2) is 42.5 Å². The van der Waals surface area contributed by atoms with Crippen molar-refractivity contribution in [2.75, 3.05) is 5.32 Å². The lowest BCUT2D eigenvalue weighted by molar-refractivity contribution is -0.385. The average Bonchev–Trinajstić information content (AvgIpc) is 2.48. The predicted molar refractivity (Wildman–Crippen MR) is 77.5 cm³/mol. The zero-order valence-electron chi connectivity index (χ0n) is 11.2. The van der Waals surface area contributed by atoms with Gasteiger partial charge in [0.25, 0.3) is 11.6 Å². The molecule has 0 aliphatic heterocycles. The van der Waals surface area contributed by atoms with E-state index in [4.69, 9.17) is 11.6 Å². The Hall–Kier alpha value is -2.61. The van der Waals surface area contributed by atoms with Gasteiger partial charge in [0.1, 0.15) is 5.56 Å². The van der Waals surface area contributed by atoms with Crippen molar-refractivity contribution < 1.29 is 22.9 Å². The molecule has 0 aliphatic carbocycles. The van der Waals surface area contributed by atoms with E-state index < -0.39 is 28.3 Å². The van der Waals surface area contributed by atoms with E-state index in [1.165, 1.54) is 18.2 Å². The van der Waals surface area contributed by atoms with Crippen LogP contribution in [0, 0.1) is 10.1 Å². The number of benzene rings is 2. The van der Waals surface area contributed by atoms with Crippen LogP contribution in [0.3, 0.4) is 0 Å². The van der Waals surface area contributed by atoms with Gasteiger partial charge in [0, 0.05) is 6.07 Å². The Kier molecular flexibility index (Phi) is 4.55. The Labute approximate surface area is 132 Å².